The molecule has 1 fully saturated rings. The molecule has 4 rings (SSSR count). The lowest BCUT2D eigenvalue weighted by atomic mass is 10.0. The van der Waals surface area contributed by atoms with Gasteiger partial charge in [-0.3, -0.25) is 0 Å². The smallest absolute Gasteiger partial charge is 0.321 e. The number of rotatable bonds is 5. The molecule has 0 spiro atoms. The highest BCUT2D eigenvalue weighted by molar-refractivity contribution is 7.09. The zero-order chi connectivity index (χ0) is 21.8. The van der Waals surface area contributed by atoms with E-state index in [9.17, 15) is 4.79 Å². The Morgan fingerprint density at radius 3 is 2.39 bits per heavy atom. The Kier molecular flexibility index (Phi) is 6.73. The third-order valence-electron chi connectivity index (χ3n) is 5.40. The van der Waals surface area contributed by atoms with Crippen LogP contribution in [0, 0.1) is 0 Å². The molecule has 3 aromatic rings. The van der Waals surface area contributed by atoms with Crippen LogP contribution in [0.5, 0.6) is 0 Å². The summed E-state index contributed by atoms with van der Waals surface area (Å²) in [7, 11) is 0. The highest BCUT2D eigenvalue weighted by Crippen LogP contribution is 2.22. The summed E-state index contributed by atoms with van der Waals surface area (Å²) in [5.41, 5.74) is 3.23. The molecule has 1 saturated heterocycles. The molecule has 1 aliphatic rings. The molecule has 162 valence electrons. The van der Waals surface area contributed by atoms with Gasteiger partial charge < -0.3 is 15.1 Å². The largest absolute Gasteiger partial charge is 0.343 e. The summed E-state index contributed by atoms with van der Waals surface area (Å²) in [4.78, 5) is 21.4. The lowest BCUT2D eigenvalue weighted by Gasteiger charge is -2.34. The molecule has 0 bridgehead atoms. The molecule has 0 aliphatic carbocycles. The Morgan fingerprint density at radius 1 is 1.06 bits per heavy atom. The maximum Gasteiger partial charge on any atom is 0.321 e. The summed E-state index contributed by atoms with van der Waals surface area (Å²) in [6.07, 6.45) is 0.686. The Hall–Kier alpha value is -2.64. The SMILES string of the molecule is CC(C)c1ccc(NC(=O)N2CCN(c3nc(Cc4ccc(Cl)cc4)ns3)CC2)cc1. The van der Waals surface area contributed by atoms with Crippen molar-refractivity contribution in [3.63, 3.8) is 0 Å². The fraction of sp³-hybridized carbons (Fsp3) is 0.348. The Morgan fingerprint density at radius 2 is 1.74 bits per heavy atom. The number of urea groups is 1. The van der Waals surface area contributed by atoms with Crippen molar-refractivity contribution in [2.75, 3.05) is 36.4 Å². The van der Waals surface area contributed by atoms with Gasteiger partial charge in [0.15, 0.2) is 0 Å². The van der Waals surface area contributed by atoms with E-state index in [-0.39, 0.29) is 6.03 Å². The van der Waals surface area contributed by atoms with Crippen molar-refractivity contribution in [3.8, 4) is 0 Å². The number of anilines is 2. The van der Waals surface area contributed by atoms with Crippen molar-refractivity contribution < 1.29 is 4.79 Å². The van der Waals surface area contributed by atoms with Crippen molar-refractivity contribution in [2.45, 2.75) is 26.2 Å². The number of nitrogens with one attached hydrogen (secondary N) is 1. The van der Waals surface area contributed by atoms with Crippen molar-refractivity contribution in [1.82, 2.24) is 14.3 Å². The van der Waals surface area contributed by atoms with Crippen LogP contribution in [0.1, 0.15) is 36.7 Å². The lowest BCUT2D eigenvalue weighted by Crippen LogP contribution is -2.50. The minimum atomic E-state index is -0.0577. The first-order valence-electron chi connectivity index (χ1n) is 10.5. The van der Waals surface area contributed by atoms with E-state index in [1.807, 2.05) is 41.3 Å². The van der Waals surface area contributed by atoms with Gasteiger partial charge in [-0.25, -0.2) is 9.78 Å². The van der Waals surface area contributed by atoms with Crippen LogP contribution >= 0.6 is 23.1 Å². The van der Waals surface area contributed by atoms with E-state index in [1.165, 1.54) is 17.1 Å². The fourth-order valence-electron chi connectivity index (χ4n) is 3.48. The average Bonchev–Trinajstić information content (AvgIpc) is 3.24. The number of piperazine rings is 1. The molecule has 1 N–H and O–H groups in total. The summed E-state index contributed by atoms with van der Waals surface area (Å²) in [5, 5.41) is 4.64. The molecule has 2 amide bonds. The maximum atomic E-state index is 12.6. The Bertz CT molecular complexity index is 1010. The van der Waals surface area contributed by atoms with Crippen LogP contribution in [-0.4, -0.2) is 46.5 Å². The van der Waals surface area contributed by atoms with E-state index < -0.39 is 0 Å². The number of hydrogen-bond donors (Lipinski definition) is 1. The molecule has 6 nitrogen and oxygen atoms in total. The quantitative estimate of drug-likeness (QED) is 0.570. The molecule has 31 heavy (non-hydrogen) atoms. The number of aromatic nitrogens is 2. The predicted molar refractivity (Wildman–Crippen MR) is 128 cm³/mol. The van der Waals surface area contributed by atoms with Crippen molar-refractivity contribution >= 4 is 40.0 Å². The summed E-state index contributed by atoms with van der Waals surface area (Å²) in [5.74, 6) is 1.29. The molecule has 1 aromatic heterocycles. The van der Waals surface area contributed by atoms with E-state index in [4.69, 9.17) is 16.6 Å². The van der Waals surface area contributed by atoms with E-state index >= 15 is 0 Å². The van der Waals surface area contributed by atoms with Gasteiger partial charge in [0.05, 0.1) is 0 Å². The number of nitrogens with zero attached hydrogens (tertiary/aromatic N) is 4. The van der Waals surface area contributed by atoms with Crippen molar-refractivity contribution in [3.05, 3.63) is 70.5 Å². The van der Waals surface area contributed by atoms with Gasteiger partial charge in [0.25, 0.3) is 0 Å². The van der Waals surface area contributed by atoms with Gasteiger partial charge in [-0.1, -0.05) is 49.7 Å². The number of amides is 2. The van der Waals surface area contributed by atoms with Crippen LogP contribution in [0.4, 0.5) is 15.6 Å². The van der Waals surface area contributed by atoms with Gasteiger partial charge in [0.1, 0.15) is 5.82 Å². The van der Waals surface area contributed by atoms with Crippen LogP contribution in [0.15, 0.2) is 48.5 Å². The van der Waals surface area contributed by atoms with Gasteiger partial charge in [-0.05, 0) is 41.3 Å². The zero-order valence-corrected chi connectivity index (χ0v) is 19.3. The number of halogens is 1. The van der Waals surface area contributed by atoms with E-state index in [1.54, 1.807) is 0 Å². The second kappa shape index (κ2) is 9.66. The first kappa shape index (κ1) is 21.6. The van der Waals surface area contributed by atoms with Crippen LogP contribution in [0.3, 0.4) is 0 Å². The zero-order valence-electron chi connectivity index (χ0n) is 17.7. The molecule has 1 aliphatic heterocycles. The monoisotopic (exact) mass is 455 g/mol. The van der Waals surface area contributed by atoms with Gasteiger partial charge in [0.2, 0.25) is 5.13 Å². The third kappa shape index (κ3) is 5.54. The van der Waals surface area contributed by atoms with E-state index in [0.717, 1.165) is 40.3 Å². The summed E-state index contributed by atoms with van der Waals surface area (Å²) in [6.45, 7) is 7.12. The van der Waals surface area contributed by atoms with Crippen LogP contribution in [0.25, 0.3) is 0 Å². The van der Waals surface area contributed by atoms with Crippen LogP contribution in [-0.2, 0) is 6.42 Å². The molecule has 2 heterocycles. The predicted octanol–water partition coefficient (Wildman–Crippen LogP) is 5.26. The van der Waals surface area contributed by atoms with Crippen molar-refractivity contribution in [1.29, 1.82) is 0 Å². The van der Waals surface area contributed by atoms with E-state index in [0.29, 0.717) is 25.4 Å². The minimum absolute atomic E-state index is 0.0577. The molecule has 0 radical (unpaired) electrons. The molecule has 2 aromatic carbocycles. The standard InChI is InChI=1S/C23H26ClN5OS/c1-16(2)18-5-9-20(10-6-18)25-22(30)28-11-13-29(14-12-28)23-26-21(27-31-23)15-17-3-7-19(24)8-4-17/h3-10,16H,11-15H2,1-2H3,(H,25,30). The third-order valence-corrected chi connectivity index (χ3v) is 6.47. The molecule has 0 unspecified atom stereocenters. The maximum absolute atomic E-state index is 12.6. The molecule has 8 heteroatoms. The average molecular weight is 456 g/mol. The highest BCUT2D eigenvalue weighted by atomic mass is 35.5. The first-order valence-corrected chi connectivity index (χ1v) is 11.6. The number of carbonyl (C=O) groups excluding carboxylic acids is 1. The second-order valence-electron chi connectivity index (χ2n) is 7.98. The van der Waals surface area contributed by atoms with Gasteiger partial charge in [-0.15, -0.1) is 0 Å². The van der Waals surface area contributed by atoms with Crippen LogP contribution < -0.4 is 10.2 Å². The highest BCUT2D eigenvalue weighted by Gasteiger charge is 2.23. The summed E-state index contributed by atoms with van der Waals surface area (Å²) in [6, 6.07) is 15.8. The molecular formula is C23H26ClN5OS. The number of carbonyl (C=O) groups is 1. The Balaban J connectivity index is 1.28. The molecular weight excluding hydrogens is 430 g/mol. The van der Waals surface area contributed by atoms with Gasteiger partial charge in [-0.2, -0.15) is 4.37 Å². The van der Waals surface area contributed by atoms with Crippen LogP contribution in [0.2, 0.25) is 5.02 Å². The van der Waals surface area contributed by atoms with Gasteiger partial charge >= 0.3 is 6.03 Å². The molecule has 0 atom stereocenters. The fourth-order valence-corrected chi connectivity index (χ4v) is 4.35. The minimum Gasteiger partial charge on any atom is -0.343 e. The lowest BCUT2D eigenvalue weighted by molar-refractivity contribution is 0.208. The van der Waals surface area contributed by atoms with Gasteiger partial charge in [0, 0.05) is 54.8 Å². The normalized spacial score (nSPS) is 14.2. The summed E-state index contributed by atoms with van der Waals surface area (Å²) < 4.78 is 4.50. The summed E-state index contributed by atoms with van der Waals surface area (Å²) >= 11 is 7.36. The number of benzene rings is 2. The van der Waals surface area contributed by atoms with E-state index in [2.05, 4.69) is 40.6 Å². The Labute approximate surface area is 192 Å². The number of hydrogen-bond acceptors (Lipinski definition) is 5. The second-order valence-corrected chi connectivity index (χ2v) is 9.14. The molecule has 0 saturated carbocycles. The first-order chi connectivity index (χ1) is 15.0. The van der Waals surface area contributed by atoms with Crippen molar-refractivity contribution in [2.24, 2.45) is 0 Å². The topological polar surface area (TPSA) is 61.4 Å².